The van der Waals surface area contributed by atoms with Crippen LogP contribution in [0.3, 0.4) is 0 Å². The standard InChI is InChI=1S/C14H10ClFN2O5/c15-7-3-1-5(13(20)21)10(18)12(7)23-14(22)6-2-4-8(16)11(19)9(6)17/h1-4,19H,17-18H2,(H,20,21). The molecule has 0 spiro atoms. The van der Waals surface area contributed by atoms with E-state index in [1.807, 2.05) is 0 Å². The number of aromatic carboxylic acids is 1. The van der Waals surface area contributed by atoms with Gasteiger partial charge in [-0.05, 0) is 24.3 Å². The number of carboxylic acids is 1. The number of nitrogen functional groups attached to an aromatic ring is 2. The highest BCUT2D eigenvalue weighted by Gasteiger charge is 2.22. The molecule has 0 heterocycles. The maximum absolute atomic E-state index is 13.1. The first-order valence-corrected chi connectivity index (χ1v) is 6.42. The number of ether oxygens (including phenoxy) is 1. The van der Waals surface area contributed by atoms with Crippen molar-refractivity contribution in [3.8, 4) is 11.5 Å². The predicted molar refractivity (Wildman–Crippen MR) is 80.3 cm³/mol. The van der Waals surface area contributed by atoms with Crippen LogP contribution in [0.25, 0.3) is 0 Å². The average molecular weight is 341 g/mol. The van der Waals surface area contributed by atoms with Crippen LogP contribution in [-0.2, 0) is 0 Å². The van der Waals surface area contributed by atoms with Crippen LogP contribution in [-0.4, -0.2) is 22.2 Å². The molecule has 0 aliphatic carbocycles. The number of esters is 1. The van der Waals surface area contributed by atoms with E-state index in [1.165, 1.54) is 6.07 Å². The van der Waals surface area contributed by atoms with Gasteiger partial charge in [0.25, 0.3) is 0 Å². The summed E-state index contributed by atoms with van der Waals surface area (Å²) in [7, 11) is 0. The molecule has 23 heavy (non-hydrogen) atoms. The number of carbonyl (C=O) groups excluding carboxylic acids is 1. The van der Waals surface area contributed by atoms with Crippen molar-refractivity contribution in [3.63, 3.8) is 0 Å². The molecule has 0 aromatic heterocycles. The van der Waals surface area contributed by atoms with Gasteiger partial charge in [-0.3, -0.25) is 0 Å². The van der Waals surface area contributed by atoms with Gasteiger partial charge in [0.05, 0.1) is 27.5 Å². The molecule has 0 fully saturated rings. The Bertz CT molecular complexity index is 825. The van der Waals surface area contributed by atoms with Crippen LogP contribution in [0.15, 0.2) is 24.3 Å². The first kappa shape index (κ1) is 16.4. The van der Waals surface area contributed by atoms with Crippen LogP contribution in [0.5, 0.6) is 11.5 Å². The summed E-state index contributed by atoms with van der Waals surface area (Å²) in [5, 5.41) is 18.3. The largest absolute Gasteiger partial charge is 0.503 e. The van der Waals surface area contributed by atoms with Crippen molar-refractivity contribution in [3.05, 3.63) is 46.2 Å². The summed E-state index contributed by atoms with van der Waals surface area (Å²) in [5.41, 5.74) is 9.53. The van der Waals surface area contributed by atoms with Gasteiger partial charge in [0.2, 0.25) is 0 Å². The van der Waals surface area contributed by atoms with Crippen molar-refractivity contribution in [2.75, 3.05) is 11.5 Å². The molecule has 0 atom stereocenters. The predicted octanol–water partition coefficient (Wildman–Crippen LogP) is 2.27. The SMILES string of the molecule is Nc1c(C(=O)Oc2c(Cl)ccc(C(=O)O)c2N)ccc(F)c1O. The topological polar surface area (TPSA) is 136 Å². The van der Waals surface area contributed by atoms with Gasteiger partial charge in [-0.2, -0.15) is 0 Å². The van der Waals surface area contributed by atoms with E-state index >= 15 is 0 Å². The minimum absolute atomic E-state index is 0.106. The Hall–Kier alpha value is -3.00. The summed E-state index contributed by atoms with van der Waals surface area (Å²) in [6.07, 6.45) is 0. The molecule has 2 aromatic rings. The number of carboxylic acid groups (broad SMARTS) is 1. The van der Waals surface area contributed by atoms with Crippen molar-refractivity contribution >= 4 is 34.9 Å². The third-order valence-corrected chi connectivity index (χ3v) is 3.26. The lowest BCUT2D eigenvalue weighted by molar-refractivity contribution is 0.0689. The van der Waals surface area contributed by atoms with E-state index in [1.54, 1.807) is 0 Å². The highest BCUT2D eigenvalue weighted by atomic mass is 35.5. The number of hydrogen-bond donors (Lipinski definition) is 4. The molecule has 6 N–H and O–H groups in total. The fourth-order valence-corrected chi connectivity index (χ4v) is 1.97. The van der Waals surface area contributed by atoms with Crippen molar-refractivity contribution in [1.82, 2.24) is 0 Å². The monoisotopic (exact) mass is 340 g/mol. The van der Waals surface area contributed by atoms with Gasteiger partial charge >= 0.3 is 11.9 Å². The lowest BCUT2D eigenvalue weighted by atomic mass is 10.1. The molecule has 0 amide bonds. The average Bonchev–Trinajstić information content (AvgIpc) is 2.48. The molecule has 2 rings (SSSR count). The third-order valence-electron chi connectivity index (χ3n) is 2.96. The molecule has 0 radical (unpaired) electrons. The Morgan fingerprint density at radius 1 is 1.09 bits per heavy atom. The summed E-state index contributed by atoms with van der Waals surface area (Å²) in [5.74, 6) is -4.72. The van der Waals surface area contributed by atoms with Gasteiger partial charge in [-0.25, -0.2) is 14.0 Å². The van der Waals surface area contributed by atoms with E-state index in [0.717, 1.165) is 18.2 Å². The van der Waals surface area contributed by atoms with Gasteiger partial charge in [0, 0.05) is 0 Å². The third kappa shape index (κ3) is 2.97. The van der Waals surface area contributed by atoms with Crippen molar-refractivity contribution in [2.24, 2.45) is 0 Å². The molecule has 0 unspecified atom stereocenters. The fraction of sp³-hybridized carbons (Fsp3) is 0. The van der Waals surface area contributed by atoms with E-state index in [4.69, 9.17) is 32.9 Å². The molecule has 0 bridgehead atoms. The molecule has 7 nitrogen and oxygen atoms in total. The van der Waals surface area contributed by atoms with Gasteiger partial charge in [0.1, 0.15) is 0 Å². The molecule has 0 saturated heterocycles. The summed E-state index contributed by atoms with van der Waals surface area (Å²) in [6, 6.07) is 4.16. The molecule has 0 aliphatic rings. The summed E-state index contributed by atoms with van der Waals surface area (Å²) in [4.78, 5) is 23.1. The molecular weight excluding hydrogens is 331 g/mol. The van der Waals surface area contributed by atoms with Crippen LogP contribution in [0.4, 0.5) is 15.8 Å². The molecule has 120 valence electrons. The zero-order valence-corrected chi connectivity index (χ0v) is 12.1. The Labute approximate surface area is 133 Å². The second-order valence-electron chi connectivity index (χ2n) is 4.39. The van der Waals surface area contributed by atoms with E-state index in [2.05, 4.69) is 0 Å². The first-order valence-electron chi connectivity index (χ1n) is 6.04. The maximum atomic E-state index is 13.1. The normalized spacial score (nSPS) is 10.3. The summed E-state index contributed by atoms with van der Waals surface area (Å²) in [6.45, 7) is 0. The number of anilines is 2. The van der Waals surface area contributed by atoms with Crippen LogP contribution in [0.2, 0.25) is 5.02 Å². The second kappa shape index (κ2) is 6.01. The molecule has 2 aromatic carbocycles. The lowest BCUT2D eigenvalue weighted by Crippen LogP contribution is -2.14. The number of nitrogens with two attached hydrogens (primary N) is 2. The van der Waals surface area contributed by atoms with Crippen molar-refractivity contribution in [1.29, 1.82) is 0 Å². The Morgan fingerprint density at radius 3 is 2.30 bits per heavy atom. The lowest BCUT2D eigenvalue weighted by Gasteiger charge is -2.12. The Balaban J connectivity index is 2.44. The molecule has 0 saturated carbocycles. The van der Waals surface area contributed by atoms with Crippen molar-refractivity contribution < 1.29 is 28.9 Å². The van der Waals surface area contributed by atoms with Crippen molar-refractivity contribution in [2.45, 2.75) is 0 Å². The number of phenols is 1. The van der Waals surface area contributed by atoms with E-state index in [9.17, 15) is 19.1 Å². The van der Waals surface area contributed by atoms with E-state index < -0.39 is 29.2 Å². The summed E-state index contributed by atoms with van der Waals surface area (Å²) >= 11 is 5.84. The number of benzene rings is 2. The maximum Gasteiger partial charge on any atom is 0.345 e. The van der Waals surface area contributed by atoms with Crippen LogP contribution in [0.1, 0.15) is 20.7 Å². The molecule has 0 aliphatic heterocycles. The van der Waals surface area contributed by atoms with Crippen LogP contribution < -0.4 is 16.2 Å². The summed E-state index contributed by atoms with van der Waals surface area (Å²) < 4.78 is 18.1. The first-order chi connectivity index (χ1) is 10.7. The quantitative estimate of drug-likeness (QED) is 0.291. The fourth-order valence-electron chi connectivity index (χ4n) is 1.77. The number of hydrogen-bond acceptors (Lipinski definition) is 6. The number of carbonyl (C=O) groups is 2. The number of halogens is 2. The Kier molecular flexibility index (Phi) is 4.28. The minimum Gasteiger partial charge on any atom is -0.503 e. The zero-order valence-electron chi connectivity index (χ0n) is 11.3. The van der Waals surface area contributed by atoms with Gasteiger partial charge < -0.3 is 26.4 Å². The minimum atomic E-state index is -1.34. The second-order valence-corrected chi connectivity index (χ2v) is 4.80. The van der Waals surface area contributed by atoms with Crippen LogP contribution in [0, 0.1) is 5.82 Å². The zero-order chi connectivity index (χ0) is 17.3. The van der Waals surface area contributed by atoms with E-state index in [0.29, 0.717) is 0 Å². The van der Waals surface area contributed by atoms with Gasteiger partial charge in [-0.1, -0.05) is 11.6 Å². The van der Waals surface area contributed by atoms with Crippen LogP contribution >= 0.6 is 11.6 Å². The Morgan fingerprint density at radius 2 is 1.70 bits per heavy atom. The van der Waals surface area contributed by atoms with E-state index in [-0.39, 0.29) is 27.6 Å². The molecule has 9 heteroatoms. The van der Waals surface area contributed by atoms with Gasteiger partial charge in [0.15, 0.2) is 17.3 Å². The number of rotatable bonds is 3. The number of phenolic OH excluding ortho intramolecular Hbond substituents is 1. The highest BCUT2D eigenvalue weighted by Crippen LogP contribution is 2.35. The molecular formula is C14H10ClFN2O5. The van der Waals surface area contributed by atoms with Gasteiger partial charge in [-0.15, -0.1) is 0 Å². The smallest absolute Gasteiger partial charge is 0.345 e. The number of aromatic hydroxyl groups is 1. The highest BCUT2D eigenvalue weighted by molar-refractivity contribution is 6.33.